The summed E-state index contributed by atoms with van der Waals surface area (Å²) in [5.41, 5.74) is 3.27. The topological polar surface area (TPSA) is 95.5 Å². The lowest BCUT2D eigenvalue weighted by Gasteiger charge is -2.12. The number of nitrogens with one attached hydrogen (secondary N) is 2. The van der Waals surface area contributed by atoms with E-state index >= 15 is 0 Å². The van der Waals surface area contributed by atoms with Gasteiger partial charge in [0.25, 0.3) is 5.91 Å². The predicted molar refractivity (Wildman–Crippen MR) is 81.6 cm³/mol. The molecule has 0 saturated carbocycles. The van der Waals surface area contributed by atoms with E-state index in [1.54, 1.807) is 12.1 Å². The lowest BCUT2D eigenvalue weighted by Crippen LogP contribution is -2.43. The fraction of sp³-hybridized carbons (Fsp3) is 0.133. The van der Waals surface area contributed by atoms with E-state index < -0.39 is 22.0 Å². The highest BCUT2D eigenvalue weighted by atomic mass is 32.2. The molecule has 22 heavy (non-hydrogen) atoms. The minimum Gasteiger partial charge on any atom is -0.289 e. The third kappa shape index (κ3) is 3.70. The summed E-state index contributed by atoms with van der Waals surface area (Å²) < 4.78 is 26.5. The second-order valence-electron chi connectivity index (χ2n) is 4.71. The second-order valence-corrected chi connectivity index (χ2v) is 6.42. The molecule has 2 rings (SSSR count). The van der Waals surface area contributed by atoms with Crippen LogP contribution in [-0.4, -0.2) is 25.6 Å². The van der Waals surface area contributed by atoms with Gasteiger partial charge in [-0.25, -0.2) is 13.9 Å². The van der Waals surface area contributed by atoms with Crippen LogP contribution in [0.4, 0.5) is 0 Å². The Balaban J connectivity index is 2.21. The molecular weight excluding hydrogens is 304 g/mol. The first-order valence-corrected chi connectivity index (χ1v) is 8.04. The number of hydrogen-bond acceptors (Lipinski definition) is 4. The van der Waals surface area contributed by atoms with Gasteiger partial charge in [-0.05, 0) is 30.2 Å². The molecule has 1 atom stereocenters. The molecule has 0 aliphatic rings. The van der Waals surface area contributed by atoms with Crippen LogP contribution in [0.25, 0.3) is 11.1 Å². The SMILES string of the molecule is CC(NS(=O)(=O)c1ccc(-c2ccccc2)cc1)C(=O)NO. The fourth-order valence-electron chi connectivity index (χ4n) is 1.91. The summed E-state index contributed by atoms with van der Waals surface area (Å²) in [6, 6.07) is 14.8. The van der Waals surface area contributed by atoms with E-state index in [9.17, 15) is 13.2 Å². The maximum Gasteiger partial charge on any atom is 0.261 e. The smallest absolute Gasteiger partial charge is 0.261 e. The molecule has 1 unspecified atom stereocenters. The zero-order valence-corrected chi connectivity index (χ0v) is 12.7. The Morgan fingerprint density at radius 2 is 1.55 bits per heavy atom. The molecule has 2 aromatic carbocycles. The Labute approximate surface area is 128 Å². The van der Waals surface area contributed by atoms with Gasteiger partial charge in [0.05, 0.1) is 4.90 Å². The number of carbonyl (C=O) groups excluding carboxylic acids is 1. The van der Waals surface area contributed by atoms with E-state index in [-0.39, 0.29) is 4.90 Å². The highest BCUT2D eigenvalue weighted by molar-refractivity contribution is 7.89. The number of carbonyl (C=O) groups is 1. The third-order valence-corrected chi connectivity index (χ3v) is 4.66. The zero-order valence-electron chi connectivity index (χ0n) is 11.9. The molecule has 6 nitrogen and oxygen atoms in total. The molecule has 2 aromatic rings. The van der Waals surface area contributed by atoms with Crippen LogP contribution < -0.4 is 10.2 Å². The lowest BCUT2D eigenvalue weighted by atomic mass is 10.1. The Kier molecular flexibility index (Phi) is 4.92. The van der Waals surface area contributed by atoms with E-state index in [4.69, 9.17) is 5.21 Å². The summed E-state index contributed by atoms with van der Waals surface area (Å²) in [5.74, 6) is -0.829. The Hall–Kier alpha value is -2.22. The van der Waals surface area contributed by atoms with Gasteiger partial charge in [0.2, 0.25) is 10.0 Å². The molecule has 0 aromatic heterocycles. The van der Waals surface area contributed by atoms with E-state index in [0.29, 0.717) is 0 Å². The zero-order chi connectivity index (χ0) is 16.2. The molecule has 0 saturated heterocycles. The molecular formula is C15H16N2O4S. The normalized spacial score (nSPS) is 12.6. The van der Waals surface area contributed by atoms with Crippen molar-refractivity contribution in [3.63, 3.8) is 0 Å². The van der Waals surface area contributed by atoms with Crippen molar-refractivity contribution in [3.8, 4) is 11.1 Å². The quantitative estimate of drug-likeness (QED) is 0.575. The van der Waals surface area contributed by atoms with Crippen molar-refractivity contribution in [2.45, 2.75) is 17.9 Å². The lowest BCUT2D eigenvalue weighted by molar-refractivity contribution is -0.130. The van der Waals surface area contributed by atoms with Crippen LogP contribution >= 0.6 is 0 Å². The second kappa shape index (κ2) is 6.69. The first kappa shape index (κ1) is 16.2. The van der Waals surface area contributed by atoms with E-state index in [0.717, 1.165) is 11.1 Å². The van der Waals surface area contributed by atoms with Crippen molar-refractivity contribution < 1.29 is 18.4 Å². The number of rotatable bonds is 5. The van der Waals surface area contributed by atoms with Crippen molar-refractivity contribution in [1.82, 2.24) is 10.2 Å². The summed E-state index contributed by atoms with van der Waals surface area (Å²) in [7, 11) is -3.84. The first-order valence-electron chi connectivity index (χ1n) is 6.56. The predicted octanol–water partition coefficient (Wildman–Crippen LogP) is 1.53. The van der Waals surface area contributed by atoms with E-state index in [2.05, 4.69) is 4.72 Å². The van der Waals surface area contributed by atoms with Gasteiger partial charge >= 0.3 is 0 Å². The Morgan fingerprint density at radius 3 is 2.09 bits per heavy atom. The van der Waals surface area contributed by atoms with Crippen molar-refractivity contribution >= 4 is 15.9 Å². The minimum absolute atomic E-state index is 0.0461. The van der Waals surface area contributed by atoms with Gasteiger partial charge in [0.1, 0.15) is 6.04 Å². The fourth-order valence-corrected chi connectivity index (χ4v) is 3.11. The van der Waals surface area contributed by atoms with Gasteiger partial charge in [0, 0.05) is 0 Å². The average molecular weight is 320 g/mol. The molecule has 0 radical (unpaired) electrons. The monoisotopic (exact) mass is 320 g/mol. The first-order chi connectivity index (χ1) is 10.4. The van der Waals surface area contributed by atoms with E-state index in [1.807, 2.05) is 30.3 Å². The highest BCUT2D eigenvalue weighted by Gasteiger charge is 2.21. The standard InChI is InChI=1S/C15H16N2O4S/c1-11(15(18)16-19)17-22(20,21)14-9-7-13(8-10-14)12-5-3-2-4-6-12/h2-11,17,19H,1H3,(H,16,18). The number of amides is 1. The van der Waals surface area contributed by atoms with Crippen molar-refractivity contribution in [2.24, 2.45) is 0 Å². The molecule has 0 heterocycles. The summed E-state index contributed by atoms with van der Waals surface area (Å²) in [6.07, 6.45) is 0. The summed E-state index contributed by atoms with van der Waals surface area (Å²) in [5, 5.41) is 8.50. The van der Waals surface area contributed by atoms with Crippen molar-refractivity contribution in [3.05, 3.63) is 54.6 Å². The molecule has 0 bridgehead atoms. The van der Waals surface area contributed by atoms with Crippen molar-refractivity contribution in [2.75, 3.05) is 0 Å². The van der Waals surface area contributed by atoms with Crippen LogP contribution in [0.15, 0.2) is 59.5 Å². The molecule has 0 spiro atoms. The Bertz CT molecular complexity index is 743. The number of sulfonamides is 1. The van der Waals surface area contributed by atoms with Gasteiger partial charge in [-0.1, -0.05) is 42.5 Å². The summed E-state index contributed by atoms with van der Waals surface area (Å²) >= 11 is 0. The number of benzene rings is 2. The molecule has 116 valence electrons. The van der Waals surface area contributed by atoms with Crippen LogP contribution in [0.2, 0.25) is 0 Å². The summed E-state index contributed by atoms with van der Waals surface area (Å²) in [6.45, 7) is 1.33. The average Bonchev–Trinajstić information content (AvgIpc) is 2.54. The largest absolute Gasteiger partial charge is 0.289 e. The summed E-state index contributed by atoms with van der Waals surface area (Å²) in [4.78, 5) is 11.2. The molecule has 0 aliphatic heterocycles. The molecule has 0 aliphatic carbocycles. The molecule has 7 heteroatoms. The van der Waals surface area contributed by atoms with E-state index in [1.165, 1.54) is 24.5 Å². The Morgan fingerprint density at radius 1 is 1.00 bits per heavy atom. The number of hydroxylamine groups is 1. The van der Waals surface area contributed by atoms with Gasteiger partial charge in [-0.15, -0.1) is 0 Å². The van der Waals surface area contributed by atoms with Crippen LogP contribution in [-0.2, 0) is 14.8 Å². The van der Waals surface area contributed by atoms with Crippen LogP contribution in [0.1, 0.15) is 6.92 Å². The molecule has 3 N–H and O–H groups in total. The highest BCUT2D eigenvalue weighted by Crippen LogP contribution is 2.21. The molecule has 0 fully saturated rings. The maximum atomic E-state index is 12.1. The minimum atomic E-state index is -3.84. The van der Waals surface area contributed by atoms with Gasteiger partial charge in [-0.2, -0.15) is 4.72 Å². The van der Waals surface area contributed by atoms with Crippen LogP contribution in [0, 0.1) is 0 Å². The molecule has 1 amide bonds. The van der Waals surface area contributed by atoms with Gasteiger partial charge in [-0.3, -0.25) is 10.0 Å². The number of hydrogen-bond donors (Lipinski definition) is 3. The third-order valence-electron chi connectivity index (χ3n) is 3.11. The van der Waals surface area contributed by atoms with Crippen LogP contribution in [0.5, 0.6) is 0 Å². The van der Waals surface area contributed by atoms with Gasteiger partial charge < -0.3 is 0 Å². The van der Waals surface area contributed by atoms with Crippen LogP contribution in [0.3, 0.4) is 0 Å². The van der Waals surface area contributed by atoms with Crippen molar-refractivity contribution in [1.29, 1.82) is 0 Å². The van der Waals surface area contributed by atoms with Gasteiger partial charge in [0.15, 0.2) is 0 Å². The maximum absolute atomic E-state index is 12.1.